The van der Waals surface area contributed by atoms with E-state index in [1.807, 2.05) is 6.92 Å². The van der Waals surface area contributed by atoms with Gasteiger partial charge >= 0.3 is 5.69 Å². The van der Waals surface area contributed by atoms with E-state index in [1.54, 1.807) is 36.6 Å². The summed E-state index contributed by atoms with van der Waals surface area (Å²) in [5.74, 6) is -0.390. The molecule has 0 aliphatic rings. The van der Waals surface area contributed by atoms with E-state index in [4.69, 9.17) is 0 Å². The van der Waals surface area contributed by atoms with E-state index in [9.17, 15) is 25.0 Å². The van der Waals surface area contributed by atoms with Gasteiger partial charge in [0.2, 0.25) is 0 Å². The smallest absolute Gasteiger partial charge is 0.301 e. The molecule has 30 heavy (non-hydrogen) atoms. The van der Waals surface area contributed by atoms with E-state index in [-0.39, 0.29) is 17.1 Å². The second kappa shape index (κ2) is 10.8. The summed E-state index contributed by atoms with van der Waals surface area (Å²) in [6.45, 7) is 1.90. The van der Waals surface area contributed by atoms with Crippen molar-refractivity contribution in [3.63, 3.8) is 0 Å². The van der Waals surface area contributed by atoms with E-state index in [2.05, 4.69) is 20.8 Å². The molecule has 1 amide bonds. The van der Waals surface area contributed by atoms with Gasteiger partial charge in [-0.05, 0) is 36.3 Å². The predicted molar refractivity (Wildman–Crippen MR) is 110 cm³/mol. The number of nitro groups is 2. The van der Waals surface area contributed by atoms with Crippen LogP contribution in [0.5, 0.6) is 0 Å². The van der Waals surface area contributed by atoms with E-state index in [0.717, 1.165) is 17.7 Å². The first kappa shape index (κ1) is 21.9. The molecule has 2 N–H and O–H groups in total. The molecular formula is C19H18N6O5. The number of rotatable bonds is 9. The van der Waals surface area contributed by atoms with Crippen molar-refractivity contribution < 1.29 is 14.6 Å². The topological polar surface area (TPSA) is 153 Å². The largest absolute Gasteiger partial charge is 0.305 e. The summed E-state index contributed by atoms with van der Waals surface area (Å²) < 4.78 is 0. The SMILES string of the molecule is CCC(/C=C\C=Nc1ccc([N+](=O)[O-])cc1[N+](=O)[O-])=C\NNC(=O)c1ccccn1. The molecule has 0 spiro atoms. The molecule has 0 unspecified atom stereocenters. The van der Waals surface area contributed by atoms with E-state index >= 15 is 0 Å². The van der Waals surface area contributed by atoms with Crippen LogP contribution in [-0.2, 0) is 0 Å². The van der Waals surface area contributed by atoms with Crippen LogP contribution in [0, 0.1) is 20.2 Å². The highest BCUT2D eigenvalue weighted by Gasteiger charge is 2.18. The van der Waals surface area contributed by atoms with Crippen molar-refractivity contribution in [3.8, 4) is 0 Å². The zero-order valence-corrected chi connectivity index (χ0v) is 15.9. The van der Waals surface area contributed by atoms with Gasteiger partial charge in [0.1, 0.15) is 11.4 Å². The number of carbonyl (C=O) groups is 1. The molecule has 2 rings (SSSR count). The molecule has 11 nitrogen and oxygen atoms in total. The van der Waals surface area contributed by atoms with Gasteiger partial charge in [-0.3, -0.25) is 35.4 Å². The Balaban J connectivity index is 2.01. The van der Waals surface area contributed by atoms with Crippen molar-refractivity contribution in [2.75, 3.05) is 0 Å². The van der Waals surface area contributed by atoms with Crippen LogP contribution in [0.2, 0.25) is 0 Å². The molecular weight excluding hydrogens is 392 g/mol. The van der Waals surface area contributed by atoms with Gasteiger partial charge in [0, 0.05) is 24.7 Å². The molecule has 0 radical (unpaired) electrons. The molecule has 154 valence electrons. The monoisotopic (exact) mass is 410 g/mol. The number of aliphatic imine (C=N–C) groups is 1. The van der Waals surface area contributed by atoms with Crippen LogP contribution in [0.15, 0.2) is 71.5 Å². The number of allylic oxidation sites excluding steroid dienone is 3. The maximum Gasteiger partial charge on any atom is 0.301 e. The normalized spacial score (nSPS) is 11.6. The van der Waals surface area contributed by atoms with Crippen molar-refractivity contribution in [1.82, 2.24) is 15.8 Å². The van der Waals surface area contributed by atoms with Crippen LogP contribution in [0.4, 0.5) is 17.1 Å². The fourth-order valence-corrected chi connectivity index (χ4v) is 2.19. The van der Waals surface area contributed by atoms with E-state index in [0.29, 0.717) is 6.42 Å². The van der Waals surface area contributed by atoms with Crippen molar-refractivity contribution in [1.29, 1.82) is 0 Å². The standard InChI is InChI=1S/C19H18N6O5/c1-2-14(13-22-23-19(26)17-7-3-4-10-21-17)6-5-11-20-16-9-8-15(24(27)28)12-18(16)25(29)30/h3-13,22H,2H2,1H3,(H,23,26)/b6-5-,14-13+,20-11?. The lowest BCUT2D eigenvalue weighted by molar-refractivity contribution is -0.393. The summed E-state index contributed by atoms with van der Waals surface area (Å²) in [5, 5.41) is 21.9. The second-order valence-electron chi connectivity index (χ2n) is 5.71. The Bertz CT molecular complexity index is 1020. The molecule has 0 atom stereocenters. The Hall–Kier alpha value is -4.41. The Kier molecular flexibility index (Phi) is 7.88. The first-order chi connectivity index (χ1) is 14.4. The number of hydrogen-bond donors (Lipinski definition) is 2. The van der Waals surface area contributed by atoms with Gasteiger partial charge in [-0.25, -0.2) is 4.99 Å². The van der Waals surface area contributed by atoms with Crippen LogP contribution >= 0.6 is 0 Å². The minimum absolute atomic E-state index is 0.00183. The number of nitrogens with zero attached hydrogens (tertiary/aromatic N) is 4. The van der Waals surface area contributed by atoms with Gasteiger partial charge in [-0.15, -0.1) is 0 Å². The van der Waals surface area contributed by atoms with Crippen molar-refractivity contribution in [2.24, 2.45) is 4.99 Å². The summed E-state index contributed by atoms with van der Waals surface area (Å²) in [7, 11) is 0. The number of pyridine rings is 1. The number of aromatic nitrogens is 1. The fraction of sp³-hybridized carbons (Fsp3) is 0.105. The van der Waals surface area contributed by atoms with Crippen LogP contribution in [-0.4, -0.2) is 27.0 Å². The lowest BCUT2D eigenvalue weighted by Crippen LogP contribution is -2.34. The first-order valence-corrected chi connectivity index (χ1v) is 8.72. The molecule has 0 aliphatic carbocycles. The Labute approximate surface area is 171 Å². The van der Waals surface area contributed by atoms with Crippen molar-refractivity contribution >= 4 is 29.2 Å². The van der Waals surface area contributed by atoms with Crippen LogP contribution in [0.1, 0.15) is 23.8 Å². The zero-order valence-electron chi connectivity index (χ0n) is 15.9. The fourth-order valence-electron chi connectivity index (χ4n) is 2.19. The average molecular weight is 410 g/mol. The number of hydrogen-bond acceptors (Lipinski definition) is 8. The number of non-ortho nitro benzene ring substituents is 1. The van der Waals surface area contributed by atoms with Crippen LogP contribution in [0.25, 0.3) is 0 Å². The van der Waals surface area contributed by atoms with Gasteiger partial charge in [0.15, 0.2) is 0 Å². The molecule has 0 aliphatic heterocycles. The van der Waals surface area contributed by atoms with Gasteiger partial charge in [0.25, 0.3) is 11.6 Å². The van der Waals surface area contributed by atoms with Crippen molar-refractivity contribution in [3.05, 3.63) is 92.4 Å². The average Bonchev–Trinajstić information content (AvgIpc) is 2.75. The Morgan fingerprint density at radius 3 is 2.63 bits per heavy atom. The van der Waals surface area contributed by atoms with E-state index < -0.39 is 21.4 Å². The maximum atomic E-state index is 11.9. The first-order valence-electron chi connectivity index (χ1n) is 8.72. The highest BCUT2D eigenvalue weighted by molar-refractivity contribution is 5.91. The minimum Gasteiger partial charge on any atom is -0.305 e. The third-order valence-corrected chi connectivity index (χ3v) is 3.73. The highest BCUT2D eigenvalue weighted by Crippen LogP contribution is 2.30. The molecule has 0 fully saturated rings. The van der Waals surface area contributed by atoms with Crippen molar-refractivity contribution in [2.45, 2.75) is 13.3 Å². The molecule has 0 saturated carbocycles. The lowest BCUT2D eigenvalue weighted by Gasteiger charge is -2.05. The lowest BCUT2D eigenvalue weighted by atomic mass is 10.2. The van der Waals surface area contributed by atoms with Gasteiger partial charge in [0.05, 0.1) is 15.9 Å². The molecule has 11 heteroatoms. The number of amides is 1. The van der Waals surface area contributed by atoms with Crippen LogP contribution < -0.4 is 10.9 Å². The molecule has 1 heterocycles. The Morgan fingerprint density at radius 2 is 2.00 bits per heavy atom. The number of benzene rings is 1. The maximum absolute atomic E-state index is 11.9. The number of nitrogens with one attached hydrogen (secondary N) is 2. The van der Waals surface area contributed by atoms with Crippen LogP contribution in [0.3, 0.4) is 0 Å². The van der Waals surface area contributed by atoms with Gasteiger partial charge in [-0.2, -0.15) is 0 Å². The third kappa shape index (κ3) is 6.34. The molecule has 1 aromatic heterocycles. The number of carbonyl (C=O) groups excluding carboxylic acids is 1. The summed E-state index contributed by atoms with van der Waals surface area (Å²) >= 11 is 0. The Morgan fingerprint density at radius 1 is 1.20 bits per heavy atom. The molecule has 0 bridgehead atoms. The summed E-state index contributed by atoms with van der Waals surface area (Å²) in [6, 6.07) is 8.21. The zero-order chi connectivity index (χ0) is 21.9. The summed E-state index contributed by atoms with van der Waals surface area (Å²) in [4.78, 5) is 40.2. The number of hydrazine groups is 1. The van der Waals surface area contributed by atoms with Gasteiger partial charge in [-0.1, -0.05) is 19.1 Å². The predicted octanol–water partition coefficient (Wildman–Crippen LogP) is 3.39. The minimum atomic E-state index is -0.727. The summed E-state index contributed by atoms with van der Waals surface area (Å²) in [5.41, 5.74) is 5.40. The van der Waals surface area contributed by atoms with E-state index in [1.165, 1.54) is 18.5 Å². The number of nitro benzene ring substituents is 2. The second-order valence-corrected chi connectivity index (χ2v) is 5.71. The third-order valence-electron chi connectivity index (χ3n) is 3.73. The highest BCUT2D eigenvalue weighted by atomic mass is 16.6. The molecule has 1 aromatic carbocycles. The summed E-state index contributed by atoms with van der Waals surface area (Å²) in [6.07, 6.45) is 8.32. The van der Waals surface area contributed by atoms with Gasteiger partial charge < -0.3 is 5.43 Å². The quantitative estimate of drug-likeness (QED) is 0.278. The molecule has 2 aromatic rings. The molecule has 0 saturated heterocycles.